The lowest BCUT2D eigenvalue weighted by Gasteiger charge is -2.22. The van der Waals surface area contributed by atoms with Crippen molar-refractivity contribution >= 4 is 5.91 Å². The maximum atomic E-state index is 12.5. The number of aliphatic hydroxyl groups excluding tert-OH is 1. The van der Waals surface area contributed by atoms with Gasteiger partial charge in [-0.2, -0.15) is 0 Å². The summed E-state index contributed by atoms with van der Waals surface area (Å²) in [6, 6.07) is 2.68. The summed E-state index contributed by atoms with van der Waals surface area (Å²) < 4.78 is 0. The Bertz CT molecular complexity index is 527. The summed E-state index contributed by atoms with van der Waals surface area (Å²) in [6.45, 7) is 5.96. The molecular formula is C15H21NO4. The number of carbonyl (C=O) groups is 1. The van der Waals surface area contributed by atoms with E-state index in [4.69, 9.17) is 0 Å². The van der Waals surface area contributed by atoms with Crippen molar-refractivity contribution < 1.29 is 20.1 Å². The molecule has 1 fully saturated rings. The number of hydrogen-bond acceptors (Lipinski definition) is 4. The third-order valence-corrected chi connectivity index (χ3v) is 3.81. The van der Waals surface area contributed by atoms with Gasteiger partial charge in [0, 0.05) is 18.7 Å². The molecule has 1 amide bonds. The molecule has 0 saturated carbocycles. The molecule has 1 aromatic carbocycles. The number of rotatable bonds is 2. The van der Waals surface area contributed by atoms with Crippen LogP contribution in [0.25, 0.3) is 0 Å². The van der Waals surface area contributed by atoms with Gasteiger partial charge in [-0.05, 0) is 30.9 Å². The number of nitrogens with zero attached hydrogens (tertiary/aromatic N) is 1. The van der Waals surface area contributed by atoms with Crippen molar-refractivity contribution in [3.05, 3.63) is 23.3 Å². The highest BCUT2D eigenvalue weighted by atomic mass is 16.3. The van der Waals surface area contributed by atoms with E-state index >= 15 is 0 Å². The fourth-order valence-corrected chi connectivity index (χ4v) is 2.67. The monoisotopic (exact) mass is 279 g/mol. The zero-order valence-corrected chi connectivity index (χ0v) is 12.0. The Labute approximate surface area is 118 Å². The molecule has 2 unspecified atom stereocenters. The molecule has 5 heteroatoms. The number of phenols is 2. The number of aliphatic hydroxyl groups is 1. The van der Waals surface area contributed by atoms with E-state index in [1.165, 1.54) is 12.1 Å². The van der Waals surface area contributed by atoms with Crippen LogP contribution in [-0.4, -0.2) is 44.8 Å². The summed E-state index contributed by atoms with van der Waals surface area (Å²) in [5, 5.41) is 29.3. The van der Waals surface area contributed by atoms with Crippen molar-refractivity contribution in [1.82, 2.24) is 4.90 Å². The predicted molar refractivity (Wildman–Crippen MR) is 75.0 cm³/mol. The van der Waals surface area contributed by atoms with Gasteiger partial charge in [-0.3, -0.25) is 4.79 Å². The summed E-state index contributed by atoms with van der Waals surface area (Å²) in [6.07, 6.45) is 0.0273. The van der Waals surface area contributed by atoms with Gasteiger partial charge in [0.15, 0.2) is 0 Å². The van der Waals surface area contributed by atoms with Gasteiger partial charge in [0.25, 0.3) is 5.91 Å². The quantitative estimate of drug-likeness (QED) is 0.771. The molecule has 1 aromatic rings. The van der Waals surface area contributed by atoms with Gasteiger partial charge < -0.3 is 20.2 Å². The number of benzene rings is 1. The Morgan fingerprint density at radius 1 is 1.30 bits per heavy atom. The van der Waals surface area contributed by atoms with Crippen LogP contribution < -0.4 is 0 Å². The highest BCUT2D eigenvalue weighted by Gasteiger charge is 2.33. The van der Waals surface area contributed by atoms with Crippen molar-refractivity contribution in [2.24, 2.45) is 0 Å². The van der Waals surface area contributed by atoms with Gasteiger partial charge in [-0.1, -0.05) is 13.8 Å². The van der Waals surface area contributed by atoms with Gasteiger partial charge in [-0.15, -0.1) is 0 Å². The molecule has 20 heavy (non-hydrogen) atoms. The molecule has 0 radical (unpaired) electrons. The molecule has 5 nitrogen and oxygen atoms in total. The first kappa shape index (κ1) is 14.7. The normalized spacial score (nSPS) is 22.6. The maximum Gasteiger partial charge on any atom is 0.257 e. The van der Waals surface area contributed by atoms with Crippen molar-refractivity contribution in [3.63, 3.8) is 0 Å². The standard InChI is InChI=1S/C15H21NO4/c1-8(2)11-5-12(14(19)6-13(11)18)15(20)16-7-10(17)4-9(16)3/h5-6,8-10,17-19H,4,7H2,1-3H3. The average Bonchev–Trinajstić information content (AvgIpc) is 2.67. The molecule has 3 N–H and O–H groups in total. The van der Waals surface area contributed by atoms with Gasteiger partial charge >= 0.3 is 0 Å². The van der Waals surface area contributed by atoms with Crippen LogP contribution in [0.4, 0.5) is 0 Å². The van der Waals surface area contributed by atoms with Crippen LogP contribution >= 0.6 is 0 Å². The number of amides is 1. The minimum atomic E-state index is -0.516. The van der Waals surface area contributed by atoms with Gasteiger partial charge in [0.1, 0.15) is 11.5 Å². The van der Waals surface area contributed by atoms with Crippen LogP contribution in [0.1, 0.15) is 49.0 Å². The second kappa shape index (κ2) is 5.32. The second-order valence-electron chi connectivity index (χ2n) is 5.78. The first-order valence-corrected chi connectivity index (χ1v) is 6.86. The molecule has 2 atom stereocenters. The van der Waals surface area contributed by atoms with E-state index in [1.54, 1.807) is 4.90 Å². The average molecular weight is 279 g/mol. The molecule has 2 rings (SSSR count). The largest absolute Gasteiger partial charge is 0.508 e. The van der Waals surface area contributed by atoms with Gasteiger partial charge in [0.2, 0.25) is 0 Å². The molecule has 110 valence electrons. The molecule has 1 aliphatic heterocycles. The molecular weight excluding hydrogens is 258 g/mol. The van der Waals surface area contributed by atoms with E-state index in [0.717, 1.165) is 0 Å². The fraction of sp³-hybridized carbons (Fsp3) is 0.533. The summed E-state index contributed by atoms with van der Waals surface area (Å²) in [7, 11) is 0. The summed E-state index contributed by atoms with van der Waals surface area (Å²) in [4.78, 5) is 14.0. The summed E-state index contributed by atoms with van der Waals surface area (Å²) in [5.74, 6) is -0.508. The second-order valence-corrected chi connectivity index (χ2v) is 5.78. The Balaban J connectivity index is 2.37. The zero-order valence-electron chi connectivity index (χ0n) is 12.0. The van der Waals surface area contributed by atoms with Crippen LogP contribution in [-0.2, 0) is 0 Å². The molecule has 1 heterocycles. The number of phenolic OH excluding ortho intramolecular Hbond substituents is 2. The molecule has 1 aliphatic rings. The highest BCUT2D eigenvalue weighted by Crippen LogP contribution is 2.33. The first-order valence-electron chi connectivity index (χ1n) is 6.86. The van der Waals surface area contributed by atoms with E-state index < -0.39 is 6.10 Å². The van der Waals surface area contributed by atoms with Crippen LogP contribution in [0.15, 0.2) is 12.1 Å². The lowest BCUT2D eigenvalue weighted by Crippen LogP contribution is -2.34. The summed E-state index contributed by atoms with van der Waals surface area (Å²) >= 11 is 0. The smallest absolute Gasteiger partial charge is 0.257 e. The van der Waals surface area contributed by atoms with Crippen LogP contribution in [0, 0.1) is 0 Å². The lowest BCUT2D eigenvalue weighted by molar-refractivity contribution is 0.0723. The minimum Gasteiger partial charge on any atom is -0.508 e. The van der Waals surface area contributed by atoms with Crippen LogP contribution in [0.5, 0.6) is 11.5 Å². The Morgan fingerprint density at radius 2 is 1.95 bits per heavy atom. The SMILES string of the molecule is CC(C)c1cc(C(=O)N2CC(O)CC2C)c(O)cc1O. The topological polar surface area (TPSA) is 81.0 Å². The Kier molecular flexibility index (Phi) is 3.90. The van der Waals surface area contributed by atoms with E-state index in [9.17, 15) is 20.1 Å². The fourth-order valence-electron chi connectivity index (χ4n) is 2.67. The minimum absolute atomic E-state index is 0.0106. The third kappa shape index (κ3) is 2.58. The number of carbonyl (C=O) groups excluding carboxylic acids is 1. The predicted octanol–water partition coefficient (Wildman–Crippen LogP) is 1.82. The van der Waals surface area contributed by atoms with E-state index in [1.807, 2.05) is 20.8 Å². The van der Waals surface area contributed by atoms with Crippen molar-refractivity contribution in [3.8, 4) is 11.5 Å². The molecule has 1 saturated heterocycles. The van der Waals surface area contributed by atoms with Gasteiger partial charge in [0.05, 0.1) is 11.7 Å². The lowest BCUT2D eigenvalue weighted by atomic mass is 9.98. The Hall–Kier alpha value is -1.75. The Morgan fingerprint density at radius 3 is 2.45 bits per heavy atom. The maximum absolute atomic E-state index is 12.5. The molecule has 0 spiro atoms. The first-order chi connectivity index (χ1) is 9.31. The highest BCUT2D eigenvalue weighted by molar-refractivity contribution is 5.97. The van der Waals surface area contributed by atoms with Crippen molar-refractivity contribution in [2.45, 2.75) is 45.3 Å². The van der Waals surface area contributed by atoms with E-state index in [-0.39, 0.29) is 41.5 Å². The number of likely N-dealkylation sites (tertiary alicyclic amines) is 1. The van der Waals surface area contributed by atoms with Crippen LogP contribution in [0.3, 0.4) is 0 Å². The zero-order chi connectivity index (χ0) is 15.0. The molecule has 0 aliphatic carbocycles. The third-order valence-electron chi connectivity index (χ3n) is 3.81. The van der Waals surface area contributed by atoms with Crippen LogP contribution in [0.2, 0.25) is 0 Å². The molecule has 0 aromatic heterocycles. The van der Waals surface area contributed by atoms with Gasteiger partial charge in [-0.25, -0.2) is 0 Å². The van der Waals surface area contributed by atoms with Crippen molar-refractivity contribution in [1.29, 1.82) is 0 Å². The number of β-amino-alcohol motifs (C(OH)–C–C–N with tert-alkyl or cyclic N) is 1. The molecule has 0 bridgehead atoms. The number of hydrogen-bond donors (Lipinski definition) is 3. The summed E-state index contributed by atoms with van der Waals surface area (Å²) in [5.41, 5.74) is 0.797. The van der Waals surface area contributed by atoms with E-state index in [0.29, 0.717) is 12.0 Å². The van der Waals surface area contributed by atoms with E-state index in [2.05, 4.69) is 0 Å². The van der Waals surface area contributed by atoms with Crippen molar-refractivity contribution in [2.75, 3.05) is 6.54 Å². The number of aromatic hydroxyl groups is 2.